The third kappa shape index (κ3) is 3.15. The number of rotatable bonds is 3. The largest absolute Gasteiger partial charge is 0.323 e. The van der Waals surface area contributed by atoms with Crippen molar-refractivity contribution in [3.05, 3.63) is 49.9 Å². The standard InChI is InChI=1S/C13H15BrN2S/c1-8-3-13(17-9(8)2)12(15)5-10-4-11(14)7-16-6-10/h3-4,6-7,12H,5,15H2,1-2H3. The van der Waals surface area contributed by atoms with Gasteiger partial charge in [-0.05, 0) is 59.5 Å². The Bertz CT molecular complexity index is 502. The molecule has 0 aliphatic carbocycles. The molecule has 2 aromatic rings. The highest BCUT2D eigenvalue weighted by Crippen LogP contribution is 2.27. The van der Waals surface area contributed by atoms with E-state index in [1.54, 1.807) is 17.5 Å². The number of hydrogen-bond acceptors (Lipinski definition) is 3. The summed E-state index contributed by atoms with van der Waals surface area (Å²) in [6.07, 6.45) is 4.48. The Kier molecular flexibility index (Phi) is 3.97. The van der Waals surface area contributed by atoms with E-state index in [0.717, 1.165) is 16.5 Å². The minimum Gasteiger partial charge on any atom is -0.323 e. The van der Waals surface area contributed by atoms with Gasteiger partial charge in [-0.15, -0.1) is 11.3 Å². The van der Waals surface area contributed by atoms with Gasteiger partial charge in [0.05, 0.1) is 0 Å². The number of nitrogens with two attached hydrogens (primary N) is 1. The Morgan fingerprint density at radius 1 is 1.35 bits per heavy atom. The van der Waals surface area contributed by atoms with Crippen LogP contribution in [0.25, 0.3) is 0 Å². The zero-order valence-electron chi connectivity index (χ0n) is 9.90. The maximum Gasteiger partial charge on any atom is 0.0431 e. The summed E-state index contributed by atoms with van der Waals surface area (Å²) < 4.78 is 1.00. The fraction of sp³-hybridized carbons (Fsp3) is 0.308. The fourth-order valence-electron chi connectivity index (χ4n) is 1.71. The van der Waals surface area contributed by atoms with Gasteiger partial charge in [-0.2, -0.15) is 0 Å². The SMILES string of the molecule is Cc1cc(C(N)Cc2cncc(Br)c2)sc1C. The highest BCUT2D eigenvalue weighted by atomic mass is 79.9. The molecular formula is C13H15BrN2S. The molecule has 1 atom stereocenters. The van der Waals surface area contributed by atoms with Gasteiger partial charge in [0.1, 0.15) is 0 Å². The molecule has 0 fully saturated rings. The molecule has 0 aliphatic heterocycles. The summed E-state index contributed by atoms with van der Waals surface area (Å²) in [5.74, 6) is 0. The van der Waals surface area contributed by atoms with E-state index >= 15 is 0 Å². The number of pyridine rings is 1. The lowest BCUT2D eigenvalue weighted by Gasteiger charge is -2.09. The van der Waals surface area contributed by atoms with E-state index in [2.05, 4.69) is 46.9 Å². The molecule has 17 heavy (non-hydrogen) atoms. The Hall–Kier alpha value is -0.710. The number of halogens is 1. The molecule has 0 bridgehead atoms. The maximum absolute atomic E-state index is 6.23. The minimum absolute atomic E-state index is 0.0588. The Morgan fingerprint density at radius 2 is 2.12 bits per heavy atom. The second-order valence-corrected chi connectivity index (χ2v) is 6.41. The molecule has 1 unspecified atom stereocenters. The lowest BCUT2D eigenvalue weighted by Crippen LogP contribution is -2.11. The maximum atomic E-state index is 6.23. The van der Waals surface area contributed by atoms with Crippen LogP contribution in [0, 0.1) is 13.8 Å². The Morgan fingerprint density at radius 3 is 2.71 bits per heavy atom. The first-order chi connectivity index (χ1) is 8.06. The summed E-state index contributed by atoms with van der Waals surface area (Å²) in [4.78, 5) is 6.75. The second-order valence-electron chi connectivity index (χ2n) is 4.21. The molecule has 2 N–H and O–H groups in total. The van der Waals surface area contributed by atoms with Crippen molar-refractivity contribution in [1.29, 1.82) is 0 Å². The number of nitrogens with zero attached hydrogens (tertiary/aromatic N) is 1. The summed E-state index contributed by atoms with van der Waals surface area (Å²) >= 11 is 5.21. The average Bonchev–Trinajstić information content (AvgIpc) is 2.59. The number of thiophene rings is 1. The van der Waals surface area contributed by atoms with Gasteiger partial charge in [0.25, 0.3) is 0 Å². The molecule has 4 heteroatoms. The molecule has 2 heterocycles. The second kappa shape index (κ2) is 5.29. The van der Waals surface area contributed by atoms with E-state index in [0.29, 0.717) is 0 Å². The van der Waals surface area contributed by atoms with E-state index < -0.39 is 0 Å². The summed E-state index contributed by atoms with van der Waals surface area (Å²) in [5, 5.41) is 0. The van der Waals surface area contributed by atoms with Gasteiger partial charge in [-0.3, -0.25) is 4.98 Å². The van der Waals surface area contributed by atoms with E-state index in [4.69, 9.17) is 5.73 Å². The third-order valence-corrected chi connectivity index (χ3v) is 4.49. The van der Waals surface area contributed by atoms with Gasteiger partial charge < -0.3 is 5.73 Å². The minimum atomic E-state index is 0.0588. The van der Waals surface area contributed by atoms with Crippen LogP contribution in [0.3, 0.4) is 0 Å². The van der Waals surface area contributed by atoms with Crippen molar-refractivity contribution >= 4 is 27.3 Å². The number of hydrogen-bond donors (Lipinski definition) is 1. The zero-order chi connectivity index (χ0) is 12.4. The lowest BCUT2D eigenvalue weighted by atomic mass is 10.1. The first kappa shape index (κ1) is 12.7. The number of aromatic nitrogens is 1. The molecule has 0 amide bonds. The van der Waals surface area contributed by atoms with Gasteiger partial charge in [-0.25, -0.2) is 0 Å². The molecule has 0 saturated heterocycles. The van der Waals surface area contributed by atoms with Gasteiger partial charge >= 0.3 is 0 Å². The predicted octanol–water partition coefficient (Wildman–Crippen LogP) is 3.76. The van der Waals surface area contributed by atoms with Crippen LogP contribution in [0.1, 0.15) is 26.9 Å². The van der Waals surface area contributed by atoms with Gasteiger partial charge in [0, 0.05) is 32.7 Å². The summed E-state index contributed by atoms with van der Waals surface area (Å²) in [6, 6.07) is 4.32. The average molecular weight is 311 g/mol. The molecule has 0 aromatic carbocycles. The molecule has 0 saturated carbocycles. The number of aryl methyl sites for hydroxylation is 2. The van der Waals surface area contributed by atoms with Crippen LogP contribution in [0.4, 0.5) is 0 Å². The van der Waals surface area contributed by atoms with Crippen molar-refractivity contribution in [2.24, 2.45) is 5.73 Å². The van der Waals surface area contributed by atoms with Crippen LogP contribution in [0.2, 0.25) is 0 Å². The van der Waals surface area contributed by atoms with Crippen LogP contribution in [-0.2, 0) is 6.42 Å². The van der Waals surface area contributed by atoms with Crippen molar-refractivity contribution in [3.8, 4) is 0 Å². The van der Waals surface area contributed by atoms with Gasteiger partial charge in [0.15, 0.2) is 0 Å². The summed E-state index contributed by atoms with van der Waals surface area (Å²) in [7, 11) is 0. The van der Waals surface area contributed by atoms with Crippen molar-refractivity contribution in [3.63, 3.8) is 0 Å². The van der Waals surface area contributed by atoms with Crippen molar-refractivity contribution in [2.45, 2.75) is 26.3 Å². The molecule has 0 aliphatic rings. The van der Waals surface area contributed by atoms with Gasteiger partial charge in [-0.1, -0.05) is 0 Å². The zero-order valence-corrected chi connectivity index (χ0v) is 12.3. The normalized spacial score (nSPS) is 12.7. The lowest BCUT2D eigenvalue weighted by molar-refractivity contribution is 0.733. The van der Waals surface area contributed by atoms with Crippen LogP contribution in [0.5, 0.6) is 0 Å². The van der Waals surface area contributed by atoms with Crippen LogP contribution < -0.4 is 5.73 Å². The van der Waals surface area contributed by atoms with E-state index in [9.17, 15) is 0 Å². The molecule has 90 valence electrons. The van der Waals surface area contributed by atoms with E-state index in [1.165, 1.54) is 15.3 Å². The molecule has 0 spiro atoms. The molecule has 0 radical (unpaired) electrons. The molecule has 2 nitrogen and oxygen atoms in total. The van der Waals surface area contributed by atoms with Crippen LogP contribution >= 0.6 is 27.3 Å². The highest BCUT2D eigenvalue weighted by molar-refractivity contribution is 9.10. The molecule has 2 rings (SSSR count). The van der Waals surface area contributed by atoms with Crippen molar-refractivity contribution in [1.82, 2.24) is 4.98 Å². The summed E-state index contributed by atoms with van der Waals surface area (Å²) in [5.41, 5.74) is 8.72. The Labute approximate surface area is 114 Å². The van der Waals surface area contributed by atoms with Crippen LogP contribution in [-0.4, -0.2) is 4.98 Å². The van der Waals surface area contributed by atoms with Crippen molar-refractivity contribution < 1.29 is 0 Å². The first-order valence-electron chi connectivity index (χ1n) is 5.48. The molecule has 2 aromatic heterocycles. The Balaban J connectivity index is 2.14. The smallest absolute Gasteiger partial charge is 0.0431 e. The quantitative estimate of drug-likeness (QED) is 0.937. The first-order valence-corrected chi connectivity index (χ1v) is 7.09. The third-order valence-electron chi connectivity index (χ3n) is 2.77. The van der Waals surface area contributed by atoms with Crippen molar-refractivity contribution in [2.75, 3.05) is 0 Å². The van der Waals surface area contributed by atoms with E-state index in [1.807, 2.05) is 6.20 Å². The fourth-order valence-corrected chi connectivity index (χ4v) is 3.16. The van der Waals surface area contributed by atoms with Gasteiger partial charge in [0.2, 0.25) is 0 Å². The highest BCUT2D eigenvalue weighted by Gasteiger charge is 2.11. The van der Waals surface area contributed by atoms with Crippen LogP contribution in [0.15, 0.2) is 29.0 Å². The van der Waals surface area contributed by atoms with E-state index in [-0.39, 0.29) is 6.04 Å². The summed E-state index contributed by atoms with van der Waals surface area (Å²) in [6.45, 7) is 4.26. The monoisotopic (exact) mass is 310 g/mol. The molecular weight excluding hydrogens is 296 g/mol. The predicted molar refractivity (Wildman–Crippen MR) is 76.4 cm³/mol. The topological polar surface area (TPSA) is 38.9 Å².